The Morgan fingerprint density at radius 1 is 1.42 bits per heavy atom. The maximum Gasteiger partial charge on any atom is 0.255 e. The third kappa shape index (κ3) is 3.10. The fourth-order valence-corrected chi connectivity index (χ4v) is 4.41. The van der Waals surface area contributed by atoms with E-state index in [1.54, 1.807) is 24.6 Å². The van der Waals surface area contributed by atoms with Gasteiger partial charge in [-0.3, -0.25) is 9.89 Å². The first-order valence-corrected chi connectivity index (χ1v) is 9.42. The van der Waals surface area contributed by atoms with E-state index in [-0.39, 0.29) is 11.9 Å². The standard InChI is InChI=1S/C19H20N4O2S/c1-11-21-18-15(7-4-8-16(18)26-11)22-19(24)14-10-20-23-17(14)12-5-3-6-13(9-12)25-2/h3,5-6,9-10,15H,4,7-8H2,1-2H3,(H,20,23)(H,22,24)/t15-/m1/s1. The molecule has 1 amide bonds. The summed E-state index contributed by atoms with van der Waals surface area (Å²) in [4.78, 5) is 18.8. The molecule has 0 fully saturated rings. The molecule has 0 radical (unpaired) electrons. The number of H-pyrrole nitrogens is 1. The summed E-state index contributed by atoms with van der Waals surface area (Å²) < 4.78 is 5.27. The molecule has 4 rings (SSSR count). The van der Waals surface area contributed by atoms with Gasteiger partial charge in [-0.1, -0.05) is 12.1 Å². The minimum Gasteiger partial charge on any atom is -0.497 e. The van der Waals surface area contributed by atoms with Gasteiger partial charge in [-0.25, -0.2) is 4.98 Å². The van der Waals surface area contributed by atoms with Crippen LogP contribution in [-0.4, -0.2) is 28.2 Å². The molecule has 0 bridgehead atoms. The molecular weight excluding hydrogens is 348 g/mol. The van der Waals surface area contributed by atoms with Crippen LogP contribution in [0, 0.1) is 6.92 Å². The van der Waals surface area contributed by atoms with Crippen molar-refractivity contribution in [3.8, 4) is 17.0 Å². The minimum atomic E-state index is -0.139. The largest absolute Gasteiger partial charge is 0.497 e. The first kappa shape index (κ1) is 16.8. The number of aromatic amines is 1. The summed E-state index contributed by atoms with van der Waals surface area (Å²) in [5.41, 5.74) is 3.10. The van der Waals surface area contributed by atoms with Gasteiger partial charge < -0.3 is 10.1 Å². The van der Waals surface area contributed by atoms with Crippen LogP contribution in [-0.2, 0) is 6.42 Å². The van der Waals surface area contributed by atoms with E-state index in [0.717, 1.165) is 41.3 Å². The SMILES string of the molecule is COc1cccc(-c2[nH]ncc2C(=O)N[C@@H]2CCCc3sc(C)nc32)c1. The van der Waals surface area contributed by atoms with Crippen molar-refractivity contribution in [1.82, 2.24) is 20.5 Å². The summed E-state index contributed by atoms with van der Waals surface area (Å²) in [5, 5.41) is 11.2. The first-order valence-electron chi connectivity index (χ1n) is 8.60. The highest BCUT2D eigenvalue weighted by molar-refractivity contribution is 7.11. The number of carbonyl (C=O) groups excluding carboxylic acids is 1. The summed E-state index contributed by atoms with van der Waals surface area (Å²) in [6.07, 6.45) is 4.59. The number of methoxy groups -OCH3 is 1. The molecule has 1 aliphatic carbocycles. The zero-order chi connectivity index (χ0) is 18.1. The predicted molar refractivity (Wildman–Crippen MR) is 101 cm³/mol. The monoisotopic (exact) mass is 368 g/mol. The minimum absolute atomic E-state index is 0.0377. The number of carbonyl (C=O) groups is 1. The second-order valence-electron chi connectivity index (χ2n) is 6.35. The molecule has 1 aromatic carbocycles. The predicted octanol–water partition coefficient (Wildman–Crippen LogP) is 3.66. The number of rotatable bonds is 4. The number of nitrogens with zero attached hydrogens (tertiary/aromatic N) is 2. The summed E-state index contributed by atoms with van der Waals surface area (Å²) in [6, 6.07) is 7.53. The van der Waals surface area contributed by atoms with Gasteiger partial charge in [0.1, 0.15) is 5.75 Å². The van der Waals surface area contributed by atoms with E-state index >= 15 is 0 Å². The molecule has 2 N–H and O–H groups in total. The van der Waals surface area contributed by atoms with Crippen LogP contribution in [0.4, 0.5) is 0 Å². The number of aryl methyl sites for hydroxylation is 2. The molecular formula is C19H20N4O2S. The first-order chi connectivity index (χ1) is 12.7. The van der Waals surface area contributed by atoms with E-state index < -0.39 is 0 Å². The third-order valence-corrected chi connectivity index (χ3v) is 5.66. The summed E-state index contributed by atoms with van der Waals surface area (Å²) in [5.74, 6) is 0.596. The Bertz CT molecular complexity index is 947. The number of fused-ring (bicyclic) bond motifs is 1. The Hall–Kier alpha value is -2.67. The van der Waals surface area contributed by atoms with Crippen LogP contribution in [0.3, 0.4) is 0 Å². The molecule has 1 aliphatic rings. The van der Waals surface area contributed by atoms with Crippen molar-refractivity contribution in [1.29, 1.82) is 0 Å². The lowest BCUT2D eigenvalue weighted by Gasteiger charge is -2.22. The number of aromatic nitrogens is 3. The number of ether oxygens (including phenoxy) is 1. The second-order valence-corrected chi connectivity index (χ2v) is 7.64. The van der Waals surface area contributed by atoms with Gasteiger partial charge in [0.05, 0.1) is 41.3 Å². The van der Waals surface area contributed by atoms with Crippen molar-refractivity contribution in [2.75, 3.05) is 7.11 Å². The topological polar surface area (TPSA) is 79.9 Å². The molecule has 7 heteroatoms. The molecule has 26 heavy (non-hydrogen) atoms. The molecule has 0 aliphatic heterocycles. The molecule has 3 aromatic rings. The lowest BCUT2D eigenvalue weighted by Crippen LogP contribution is -2.31. The molecule has 134 valence electrons. The number of benzene rings is 1. The Balaban J connectivity index is 1.60. The van der Waals surface area contributed by atoms with Crippen LogP contribution in [0.15, 0.2) is 30.5 Å². The smallest absolute Gasteiger partial charge is 0.255 e. The van der Waals surface area contributed by atoms with E-state index in [4.69, 9.17) is 4.74 Å². The molecule has 0 unspecified atom stereocenters. The third-order valence-electron chi connectivity index (χ3n) is 4.61. The number of thiazole rings is 1. The van der Waals surface area contributed by atoms with Crippen LogP contribution in [0.5, 0.6) is 5.75 Å². The van der Waals surface area contributed by atoms with Gasteiger partial charge in [0.2, 0.25) is 0 Å². The Morgan fingerprint density at radius 3 is 3.15 bits per heavy atom. The number of amides is 1. The molecule has 1 atom stereocenters. The van der Waals surface area contributed by atoms with E-state index in [0.29, 0.717) is 11.3 Å². The van der Waals surface area contributed by atoms with E-state index in [2.05, 4.69) is 20.5 Å². The van der Waals surface area contributed by atoms with E-state index in [9.17, 15) is 4.79 Å². The Kier molecular flexibility index (Phi) is 4.46. The fraction of sp³-hybridized carbons (Fsp3) is 0.316. The average molecular weight is 368 g/mol. The van der Waals surface area contributed by atoms with Gasteiger partial charge in [0.25, 0.3) is 5.91 Å². The number of hydrogen-bond donors (Lipinski definition) is 2. The van der Waals surface area contributed by atoms with Gasteiger partial charge in [-0.15, -0.1) is 11.3 Å². The average Bonchev–Trinajstić information content (AvgIpc) is 3.28. The fourth-order valence-electron chi connectivity index (χ4n) is 3.37. The van der Waals surface area contributed by atoms with Gasteiger partial charge in [0.15, 0.2) is 0 Å². The lowest BCUT2D eigenvalue weighted by molar-refractivity contribution is 0.0932. The van der Waals surface area contributed by atoms with Gasteiger partial charge in [-0.05, 0) is 38.3 Å². The zero-order valence-corrected chi connectivity index (χ0v) is 15.5. The molecule has 0 saturated heterocycles. The van der Waals surface area contributed by atoms with Gasteiger partial charge in [-0.2, -0.15) is 5.10 Å². The maximum absolute atomic E-state index is 12.9. The van der Waals surface area contributed by atoms with Crippen molar-refractivity contribution < 1.29 is 9.53 Å². The Morgan fingerprint density at radius 2 is 2.31 bits per heavy atom. The highest BCUT2D eigenvalue weighted by Gasteiger charge is 2.27. The summed E-state index contributed by atoms with van der Waals surface area (Å²) in [7, 11) is 1.62. The normalized spacial score (nSPS) is 16.2. The highest BCUT2D eigenvalue weighted by Crippen LogP contribution is 2.33. The van der Waals surface area contributed by atoms with Crippen molar-refractivity contribution >= 4 is 17.2 Å². The van der Waals surface area contributed by atoms with Crippen LogP contribution < -0.4 is 10.1 Å². The molecule has 2 heterocycles. The van der Waals surface area contributed by atoms with Gasteiger partial charge >= 0.3 is 0 Å². The molecule has 0 spiro atoms. The van der Waals surface area contributed by atoms with Crippen LogP contribution in [0.1, 0.15) is 44.8 Å². The highest BCUT2D eigenvalue weighted by atomic mass is 32.1. The van der Waals surface area contributed by atoms with Gasteiger partial charge in [0, 0.05) is 10.4 Å². The lowest BCUT2D eigenvalue weighted by atomic mass is 9.97. The maximum atomic E-state index is 12.9. The van der Waals surface area contributed by atoms with Crippen molar-refractivity contribution in [2.45, 2.75) is 32.2 Å². The van der Waals surface area contributed by atoms with E-state index in [1.165, 1.54) is 4.88 Å². The van der Waals surface area contributed by atoms with Crippen molar-refractivity contribution in [3.05, 3.63) is 51.6 Å². The van der Waals surface area contributed by atoms with Crippen LogP contribution >= 0.6 is 11.3 Å². The number of nitrogens with one attached hydrogen (secondary N) is 2. The zero-order valence-electron chi connectivity index (χ0n) is 14.7. The van der Waals surface area contributed by atoms with E-state index in [1.807, 2.05) is 31.2 Å². The number of hydrogen-bond acceptors (Lipinski definition) is 5. The quantitative estimate of drug-likeness (QED) is 0.736. The molecule has 2 aromatic heterocycles. The van der Waals surface area contributed by atoms with Crippen LogP contribution in [0.25, 0.3) is 11.3 Å². The molecule has 0 saturated carbocycles. The molecule has 6 nitrogen and oxygen atoms in total. The van der Waals surface area contributed by atoms with Crippen molar-refractivity contribution in [2.24, 2.45) is 0 Å². The summed E-state index contributed by atoms with van der Waals surface area (Å²) >= 11 is 1.73. The summed E-state index contributed by atoms with van der Waals surface area (Å²) in [6.45, 7) is 2.01. The Labute approximate surface area is 155 Å². The second kappa shape index (κ2) is 6.92. The van der Waals surface area contributed by atoms with Crippen molar-refractivity contribution in [3.63, 3.8) is 0 Å². The van der Waals surface area contributed by atoms with Crippen LogP contribution in [0.2, 0.25) is 0 Å².